The number of hydrazine groups is 1. The molecule has 1 atom stereocenters. The zero-order valence-electron chi connectivity index (χ0n) is 10.3. The van der Waals surface area contributed by atoms with E-state index >= 15 is 0 Å². The molecule has 0 aliphatic carbocycles. The van der Waals surface area contributed by atoms with E-state index in [1.807, 2.05) is 0 Å². The van der Waals surface area contributed by atoms with E-state index < -0.39 is 6.04 Å². The molecule has 2 aromatic carbocycles. The molecule has 0 fully saturated rings. The van der Waals surface area contributed by atoms with Gasteiger partial charge in [-0.05, 0) is 36.2 Å². The van der Waals surface area contributed by atoms with Gasteiger partial charge in [-0.3, -0.25) is 11.3 Å². The third kappa shape index (κ3) is 3.51. The van der Waals surface area contributed by atoms with Crippen LogP contribution in [0.25, 0.3) is 0 Å². The highest BCUT2D eigenvalue weighted by atomic mass is 79.9. The van der Waals surface area contributed by atoms with Gasteiger partial charge in [-0.2, -0.15) is 0 Å². The Morgan fingerprint density at radius 1 is 1.20 bits per heavy atom. The summed E-state index contributed by atoms with van der Waals surface area (Å²) >= 11 is 15.5. The van der Waals surface area contributed by atoms with Crippen LogP contribution in [0, 0.1) is 5.82 Å². The van der Waals surface area contributed by atoms with E-state index in [4.69, 9.17) is 29.0 Å². The van der Waals surface area contributed by atoms with Crippen molar-refractivity contribution in [2.75, 3.05) is 0 Å². The quantitative estimate of drug-likeness (QED) is 0.601. The highest BCUT2D eigenvalue weighted by Crippen LogP contribution is 2.30. The van der Waals surface area contributed by atoms with Crippen molar-refractivity contribution >= 4 is 39.1 Å². The maximum Gasteiger partial charge on any atom is 0.129 e. The van der Waals surface area contributed by atoms with E-state index in [1.165, 1.54) is 6.07 Å². The van der Waals surface area contributed by atoms with E-state index in [1.54, 1.807) is 30.3 Å². The SMILES string of the molecule is NNC(Cc1c(Cl)cccc1Cl)c1ccc(Br)cc1F. The lowest BCUT2D eigenvalue weighted by molar-refractivity contribution is 0.510. The number of hydrogen-bond acceptors (Lipinski definition) is 2. The summed E-state index contributed by atoms with van der Waals surface area (Å²) in [5.74, 6) is 5.20. The number of hydrogen-bond donors (Lipinski definition) is 2. The zero-order valence-corrected chi connectivity index (χ0v) is 13.4. The molecule has 0 spiro atoms. The molecule has 0 radical (unpaired) electrons. The minimum atomic E-state index is -0.416. The molecule has 1 unspecified atom stereocenters. The van der Waals surface area contributed by atoms with Crippen LogP contribution in [0.2, 0.25) is 10.0 Å². The molecule has 0 aliphatic heterocycles. The van der Waals surface area contributed by atoms with E-state index in [0.29, 0.717) is 26.5 Å². The van der Waals surface area contributed by atoms with E-state index in [-0.39, 0.29) is 5.82 Å². The number of halogens is 4. The fraction of sp³-hybridized carbons (Fsp3) is 0.143. The molecule has 2 nitrogen and oxygen atoms in total. The minimum absolute atomic E-state index is 0.342. The molecule has 0 bridgehead atoms. The lowest BCUT2D eigenvalue weighted by Gasteiger charge is -2.18. The van der Waals surface area contributed by atoms with Gasteiger partial charge in [-0.15, -0.1) is 0 Å². The van der Waals surface area contributed by atoms with E-state index in [9.17, 15) is 4.39 Å². The number of nitrogens with two attached hydrogens (primary N) is 1. The second-order valence-electron chi connectivity index (χ2n) is 4.29. The van der Waals surface area contributed by atoms with Gasteiger partial charge in [0.1, 0.15) is 5.82 Å². The largest absolute Gasteiger partial charge is 0.271 e. The van der Waals surface area contributed by atoms with Crippen molar-refractivity contribution in [1.29, 1.82) is 0 Å². The highest BCUT2D eigenvalue weighted by molar-refractivity contribution is 9.10. The zero-order chi connectivity index (χ0) is 14.7. The normalized spacial score (nSPS) is 12.4. The fourth-order valence-electron chi connectivity index (χ4n) is 1.97. The molecule has 0 aromatic heterocycles. The van der Waals surface area contributed by atoms with Gasteiger partial charge < -0.3 is 0 Å². The molecular formula is C14H12BrCl2FN2. The topological polar surface area (TPSA) is 38.0 Å². The number of benzene rings is 2. The first-order chi connectivity index (χ1) is 9.52. The molecule has 0 amide bonds. The van der Waals surface area contributed by atoms with Crippen LogP contribution in [0.5, 0.6) is 0 Å². The molecule has 3 N–H and O–H groups in total. The van der Waals surface area contributed by atoms with E-state index in [0.717, 1.165) is 5.56 Å². The van der Waals surface area contributed by atoms with Crippen molar-refractivity contribution in [3.05, 3.63) is 67.9 Å². The first-order valence-corrected chi connectivity index (χ1v) is 7.41. The van der Waals surface area contributed by atoms with Crippen LogP contribution in [0.1, 0.15) is 17.2 Å². The number of nitrogens with one attached hydrogen (secondary N) is 1. The Morgan fingerprint density at radius 3 is 2.40 bits per heavy atom. The van der Waals surface area contributed by atoms with Crippen molar-refractivity contribution in [3.63, 3.8) is 0 Å². The third-order valence-electron chi connectivity index (χ3n) is 3.01. The van der Waals surface area contributed by atoms with Gasteiger partial charge in [0.2, 0.25) is 0 Å². The number of rotatable bonds is 4. The molecule has 6 heteroatoms. The van der Waals surface area contributed by atoms with Crippen LogP contribution in [-0.4, -0.2) is 0 Å². The van der Waals surface area contributed by atoms with Crippen LogP contribution < -0.4 is 11.3 Å². The second-order valence-corrected chi connectivity index (χ2v) is 6.02. The Bertz CT molecular complexity index is 602. The van der Waals surface area contributed by atoms with Gasteiger partial charge in [0.05, 0.1) is 6.04 Å². The average Bonchev–Trinajstić information content (AvgIpc) is 2.40. The molecule has 0 heterocycles. The Hall–Kier alpha value is -0.650. The maximum atomic E-state index is 14.0. The van der Waals surface area contributed by atoms with Crippen molar-refractivity contribution in [1.82, 2.24) is 5.43 Å². The minimum Gasteiger partial charge on any atom is -0.271 e. The molecule has 106 valence electrons. The van der Waals surface area contributed by atoms with E-state index in [2.05, 4.69) is 21.4 Å². The summed E-state index contributed by atoms with van der Waals surface area (Å²) in [5.41, 5.74) is 3.81. The Balaban J connectivity index is 2.34. The van der Waals surface area contributed by atoms with Crippen LogP contribution in [0.4, 0.5) is 4.39 Å². The molecular weight excluding hydrogens is 366 g/mol. The Kier molecular flexibility index (Phi) is 5.41. The van der Waals surface area contributed by atoms with Crippen molar-refractivity contribution < 1.29 is 4.39 Å². The monoisotopic (exact) mass is 376 g/mol. The first-order valence-electron chi connectivity index (χ1n) is 5.87. The van der Waals surface area contributed by atoms with Crippen LogP contribution >= 0.6 is 39.1 Å². The van der Waals surface area contributed by atoms with Gasteiger partial charge in [-0.25, -0.2) is 4.39 Å². The summed E-state index contributed by atoms with van der Waals surface area (Å²) in [4.78, 5) is 0. The second kappa shape index (κ2) is 6.87. The van der Waals surface area contributed by atoms with Crippen LogP contribution in [0.3, 0.4) is 0 Å². The van der Waals surface area contributed by atoms with Crippen molar-refractivity contribution in [3.8, 4) is 0 Å². The average molecular weight is 378 g/mol. The maximum absolute atomic E-state index is 14.0. The highest BCUT2D eigenvalue weighted by Gasteiger charge is 2.18. The summed E-state index contributed by atoms with van der Waals surface area (Å²) in [5, 5.41) is 1.07. The van der Waals surface area contributed by atoms with Crippen LogP contribution in [-0.2, 0) is 6.42 Å². The molecule has 0 aliphatic rings. The standard InChI is InChI=1S/C14H12BrCl2FN2/c15-8-4-5-9(13(18)6-8)14(20-19)7-10-11(16)2-1-3-12(10)17/h1-6,14,20H,7,19H2. The smallest absolute Gasteiger partial charge is 0.129 e. The van der Waals surface area contributed by atoms with Crippen molar-refractivity contribution in [2.24, 2.45) is 5.84 Å². The molecule has 2 rings (SSSR count). The summed E-state index contributed by atoms with van der Waals surface area (Å²) in [6, 6.07) is 9.67. The van der Waals surface area contributed by atoms with Gasteiger partial charge in [-0.1, -0.05) is 51.3 Å². The Labute approximate surface area is 135 Å². The lowest BCUT2D eigenvalue weighted by Crippen LogP contribution is -2.30. The molecule has 0 saturated heterocycles. The summed E-state index contributed by atoms with van der Waals surface area (Å²) in [7, 11) is 0. The van der Waals surface area contributed by atoms with Crippen LogP contribution in [0.15, 0.2) is 40.9 Å². The Morgan fingerprint density at radius 2 is 1.85 bits per heavy atom. The molecule has 20 heavy (non-hydrogen) atoms. The van der Waals surface area contributed by atoms with Gasteiger partial charge in [0.15, 0.2) is 0 Å². The van der Waals surface area contributed by atoms with Gasteiger partial charge in [0.25, 0.3) is 0 Å². The van der Waals surface area contributed by atoms with Gasteiger partial charge >= 0.3 is 0 Å². The lowest BCUT2D eigenvalue weighted by atomic mass is 9.99. The summed E-state index contributed by atoms with van der Waals surface area (Å²) in [6.07, 6.45) is 0.396. The van der Waals surface area contributed by atoms with Crippen molar-refractivity contribution in [2.45, 2.75) is 12.5 Å². The molecule has 0 saturated carbocycles. The summed E-state index contributed by atoms with van der Waals surface area (Å²) < 4.78 is 14.7. The third-order valence-corrected chi connectivity index (χ3v) is 4.21. The first kappa shape index (κ1) is 15.7. The summed E-state index contributed by atoms with van der Waals surface area (Å²) in [6.45, 7) is 0. The predicted molar refractivity (Wildman–Crippen MR) is 84.3 cm³/mol. The van der Waals surface area contributed by atoms with Gasteiger partial charge in [0, 0.05) is 20.1 Å². The fourth-order valence-corrected chi connectivity index (χ4v) is 2.86. The molecule has 2 aromatic rings. The predicted octanol–water partition coefficient (Wildman–Crippen LogP) is 4.64.